The minimum Gasteiger partial charge on any atom is -0.496 e. The first kappa shape index (κ1) is 22.9. The molecular weight excluding hydrogens is 409 g/mol. The van der Waals surface area contributed by atoms with Crippen molar-refractivity contribution in [2.24, 2.45) is 0 Å². The molecule has 0 spiro atoms. The van der Waals surface area contributed by atoms with E-state index in [9.17, 15) is 18.0 Å². The van der Waals surface area contributed by atoms with Crippen LogP contribution in [0.2, 0.25) is 0 Å². The number of amides is 1. The highest BCUT2D eigenvalue weighted by Crippen LogP contribution is 2.29. The third-order valence-corrected chi connectivity index (χ3v) is 5.34. The molecule has 168 valence electrons. The van der Waals surface area contributed by atoms with Crippen LogP contribution in [0.15, 0.2) is 42.6 Å². The van der Waals surface area contributed by atoms with Crippen molar-refractivity contribution in [3.8, 4) is 5.75 Å². The fourth-order valence-corrected chi connectivity index (χ4v) is 3.69. The normalized spacial score (nSPS) is 16.5. The Balaban J connectivity index is 1.53. The maximum atomic E-state index is 12.7. The summed E-state index contributed by atoms with van der Waals surface area (Å²) in [5.74, 6) is 1.16. The van der Waals surface area contributed by atoms with Crippen molar-refractivity contribution in [3.63, 3.8) is 0 Å². The summed E-state index contributed by atoms with van der Waals surface area (Å²) < 4.78 is 43.6. The molecule has 1 saturated heterocycles. The van der Waals surface area contributed by atoms with Crippen LogP contribution in [0.4, 0.5) is 19.0 Å². The molecule has 2 aromatic rings. The third-order valence-electron chi connectivity index (χ3n) is 5.34. The minimum absolute atomic E-state index is 0.0838. The Morgan fingerprint density at radius 3 is 2.61 bits per heavy atom. The number of hydrogen-bond acceptors (Lipinski definition) is 5. The summed E-state index contributed by atoms with van der Waals surface area (Å²) in [7, 11) is 1.60. The number of rotatable bonds is 6. The van der Waals surface area contributed by atoms with Gasteiger partial charge in [-0.15, -0.1) is 0 Å². The lowest BCUT2D eigenvalue weighted by Gasteiger charge is -2.23. The van der Waals surface area contributed by atoms with Crippen molar-refractivity contribution in [1.29, 1.82) is 0 Å². The van der Waals surface area contributed by atoms with Crippen molar-refractivity contribution >= 4 is 11.7 Å². The lowest BCUT2D eigenvalue weighted by Crippen LogP contribution is -2.40. The van der Waals surface area contributed by atoms with Gasteiger partial charge in [-0.05, 0) is 31.5 Å². The summed E-state index contributed by atoms with van der Waals surface area (Å²) in [6.07, 6.45) is -2.74. The summed E-state index contributed by atoms with van der Waals surface area (Å²) in [4.78, 5) is 20.5. The topological polar surface area (TPSA) is 57.7 Å². The number of pyridine rings is 1. The highest BCUT2D eigenvalue weighted by molar-refractivity contribution is 5.78. The average Bonchev–Trinajstić information content (AvgIpc) is 2.98. The van der Waals surface area contributed by atoms with Crippen LogP contribution < -0.4 is 15.0 Å². The van der Waals surface area contributed by atoms with Gasteiger partial charge < -0.3 is 15.0 Å². The van der Waals surface area contributed by atoms with E-state index >= 15 is 0 Å². The first-order valence-electron chi connectivity index (χ1n) is 10.2. The summed E-state index contributed by atoms with van der Waals surface area (Å²) in [5, 5.41) is 3.01. The van der Waals surface area contributed by atoms with Gasteiger partial charge in [-0.2, -0.15) is 13.2 Å². The van der Waals surface area contributed by atoms with Crippen LogP contribution in [0.3, 0.4) is 0 Å². The number of para-hydroxylation sites is 1. The molecule has 1 N–H and O–H groups in total. The Hall–Kier alpha value is -2.81. The van der Waals surface area contributed by atoms with Crippen LogP contribution in [0, 0.1) is 0 Å². The van der Waals surface area contributed by atoms with Crippen molar-refractivity contribution in [2.75, 3.05) is 44.7 Å². The van der Waals surface area contributed by atoms with Gasteiger partial charge in [0.1, 0.15) is 11.6 Å². The Bertz CT molecular complexity index is 874. The Labute approximate surface area is 180 Å². The zero-order valence-corrected chi connectivity index (χ0v) is 17.7. The Kier molecular flexibility index (Phi) is 7.37. The van der Waals surface area contributed by atoms with Gasteiger partial charge in [0.15, 0.2) is 0 Å². The molecule has 1 unspecified atom stereocenters. The zero-order valence-electron chi connectivity index (χ0n) is 17.7. The van der Waals surface area contributed by atoms with Crippen molar-refractivity contribution in [3.05, 3.63) is 53.7 Å². The van der Waals surface area contributed by atoms with E-state index in [0.717, 1.165) is 36.5 Å². The van der Waals surface area contributed by atoms with E-state index in [4.69, 9.17) is 4.74 Å². The predicted molar refractivity (Wildman–Crippen MR) is 112 cm³/mol. The molecule has 3 rings (SSSR count). The molecule has 1 amide bonds. The van der Waals surface area contributed by atoms with Gasteiger partial charge in [0.05, 0.1) is 25.3 Å². The lowest BCUT2D eigenvalue weighted by molar-refractivity contribution is -0.137. The van der Waals surface area contributed by atoms with Gasteiger partial charge in [0, 0.05) is 37.9 Å². The van der Waals surface area contributed by atoms with Gasteiger partial charge in [0.25, 0.3) is 0 Å². The van der Waals surface area contributed by atoms with Gasteiger partial charge in [0.2, 0.25) is 5.91 Å². The van der Waals surface area contributed by atoms with E-state index in [-0.39, 0.29) is 18.5 Å². The van der Waals surface area contributed by atoms with Crippen molar-refractivity contribution in [2.45, 2.75) is 25.6 Å². The number of carbonyl (C=O) groups is 1. The third kappa shape index (κ3) is 6.10. The molecule has 1 aromatic heterocycles. The molecule has 1 fully saturated rings. The first-order chi connectivity index (χ1) is 14.8. The predicted octanol–water partition coefficient (Wildman–Crippen LogP) is 3.50. The number of alkyl halides is 3. The SMILES string of the molecule is COc1ccccc1C(C)NC(=O)CN1CCCN(c2ccc(C(F)(F)F)cn2)CC1. The molecule has 1 aromatic carbocycles. The summed E-state index contributed by atoms with van der Waals surface area (Å²) >= 11 is 0. The summed E-state index contributed by atoms with van der Waals surface area (Å²) in [5.41, 5.74) is 0.155. The van der Waals surface area contributed by atoms with Crippen LogP contribution in [0.25, 0.3) is 0 Å². The molecule has 9 heteroatoms. The molecule has 1 aliphatic heterocycles. The second-order valence-corrected chi connectivity index (χ2v) is 7.55. The van der Waals surface area contributed by atoms with Gasteiger partial charge >= 0.3 is 6.18 Å². The highest BCUT2D eigenvalue weighted by Gasteiger charge is 2.31. The largest absolute Gasteiger partial charge is 0.496 e. The van der Waals surface area contributed by atoms with Crippen LogP contribution in [0.5, 0.6) is 5.75 Å². The number of ether oxygens (including phenoxy) is 1. The number of carbonyl (C=O) groups excluding carboxylic acids is 1. The number of nitrogens with zero attached hydrogens (tertiary/aromatic N) is 3. The summed E-state index contributed by atoms with van der Waals surface area (Å²) in [6, 6.07) is 9.83. The number of nitrogens with one attached hydrogen (secondary N) is 1. The molecule has 6 nitrogen and oxygen atoms in total. The Morgan fingerprint density at radius 2 is 1.94 bits per heavy atom. The van der Waals surface area contributed by atoms with E-state index < -0.39 is 11.7 Å². The van der Waals surface area contributed by atoms with E-state index in [1.165, 1.54) is 6.07 Å². The number of benzene rings is 1. The molecular formula is C22H27F3N4O2. The number of aromatic nitrogens is 1. The van der Waals surface area contributed by atoms with Crippen LogP contribution in [-0.4, -0.2) is 55.6 Å². The standard InChI is InChI=1S/C22H27F3N4O2/c1-16(18-6-3-4-7-19(18)31-2)27-21(30)15-28-10-5-11-29(13-12-28)20-9-8-17(14-26-20)22(23,24)25/h3-4,6-9,14,16H,5,10-13,15H2,1-2H3,(H,27,30). The molecule has 1 aliphatic rings. The van der Waals surface area contributed by atoms with Gasteiger partial charge in [-0.1, -0.05) is 18.2 Å². The molecule has 0 aliphatic carbocycles. The molecule has 31 heavy (non-hydrogen) atoms. The Morgan fingerprint density at radius 1 is 1.16 bits per heavy atom. The van der Waals surface area contributed by atoms with E-state index in [1.807, 2.05) is 41.0 Å². The van der Waals surface area contributed by atoms with Gasteiger partial charge in [-0.3, -0.25) is 9.69 Å². The second kappa shape index (κ2) is 10.00. The number of halogens is 3. The fourth-order valence-electron chi connectivity index (χ4n) is 3.69. The monoisotopic (exact) mass is 436 g/mol. The van der Waals surface area contributed by atoms with E-state index in [0.29, 0.717) is 25.5 Å². The number of methoxy groups -OCH3 is 1. The molecule has 1 atom stereocenters. The number of anilines is 1. The molecule has 2 heterocycles. The van der Waals surface area contributed by atoms with Crippen LogP contribution in [0.1, 0.15) is 30.5 Å². The van der Waals surface area contributed by atoms with Crippen LogP contribution in [-0.2, 0) is 11.0 Å². The van der Waals surface area contributed by atoms with Crippen molar-refractivity contribution < 1.29 is 22.7 Å². The quantitative estimate of drug-likeness (QED) is 0.751. The zero-order chi connectivity index (χ0) is 22.4. The fraction of sp³-hybridized carbons (Fsp3) is 0.455. The maximum Gasteiger partial charge on any atom is 0.417 e. The maximum absolute atomic E-state index is 12.7. The van der Waals surface area contributed by atoms with E-state index in [1.54, 1.807) is 7.11 Å². The molecule has 0 radical (unpaired) electrons. The minimum atomic E-state index is -4.39. The molecule has 0 bridgehead atoms. The van der Waals surface area contributed by atoms with Crippen LogP contribution >= 0.6 is 0 Å². The highest BCUT2D eigenvalue weighted by atomic mass is 19.4. The first-order valence-corrected chi connectivity index (χ1v) is 10.2. The second-order valence-electron chi connectivity index (χ2n) is 7.55. The lowest BCUT2D eigenvalue weighted by atomic mass is 10.1. The smallest absolute Gasteiger partial charge is 0.417 e. The summed E-state index contributed by atoms with van der Waals surface area (Å²) in [6.45, 7) is 4.79. The number of hydrogen-bond donors (Lipinski definition) is 1. The van der Waals surface area contributed by atoms with E-state index in [2.05, 4.69) is 10.3 Å². The van der Waals surface area contributed by atoms with Gasteiger partial charge in [-0.25, -0.2) is 4.98 Å². The molecule has 0 saturated carbocycles. The van der Waals surface area contributed by atoms with Crippen molar-refractivity contribution in [1.82, 2.24) is 15.2 Å². The average molecular weight is 436 g/mol.